The van der Waals surface area contributed by atoms with Gasteiger partial charge in [0.05, 0.1) is 11.4 Å². The van der Waals surface area contributed by atoms with Crippen LogP contribution >= 0.6 is 22.6 Å². The Morgan fingerprint density at radius 3 is 2.62 bits per heavy atom. The van der Waals surface area contributed by atoms with Gasteiger partial charge in [0.15, 0.2) is 0 Å². The fraction of sp³-hybridized carbons (Fsp3) is 0.364. The Kier molecular flexibility index (Phi) is 4.40. The standard InChI is InChI=1S/C11H16IN3O/c1-7(11(16)15(2)3)14-10-5-4-8(12)6-9(10)13/h4-7,14H,13H2,1-3H3. The third kappa shape index (κ3) is 3.26. The lowest BCUT2D eigenvalue weighted by molar-refractivity contribution is -0.129. The van der Waals surface area contributed by atoms with Gasteiger partial charge in [0.2, 0.25) is 5.91 Å². The van der Waals surface area contributed by atoms with Crippen molar-refractivity contribution in [3.63, 3.8) is 0 Å². The number of benzene rings is 1. The molecule has 0 aliphatic rings. The zero-order chi connectivity index (χ0) is 12.3. The lowest BCUT2D eigenvalue weighted by atomic mass is 10.2. The summed E-state index contributed by atoms with van der Waals surface area (Å²) in [5, 5.41) is 3.10. The van der Waals surface area contributed by atoms with E-state index in [1.807, 2.05) is 25.1 Å². The van der Waals surface area contributed by atoms with Gasteiger partial charge in [0, 0.05) is 17.7 Å². The molecule has 4 nitrogen and oxygen atoms in total. The summed E-state index contributed by atoms with van der Waals surface area (Å²) in [4.78, 5) is 13.2. The summed E-state index contributed by atoms with van der Waals surface area (Å²) >= 11 is 2.20. The number of nitrogen functional groups attached to an aromatic ring is 1. The van der Waals surface area contributed by atoms with Crippen LogP contribution in [0.4, 0.5) is 11.4 Å². The maximum absolute atomic E-state index is 11.6. The van der Waals surface area contributed by atoms with Gasteiger partial charge in [-0.05, 0) is 47.7 Å². The topological polar surface area (TPSA) is 58.4 Å². The highest BCUT2D eigenvalue weighted by atomic mass is 127. The van der Waals surface area contributed by atoms with Crippen molar-refractivity contribution in [2.45, 2.75) is 13.0 Å². The molecule has 0 saturated carbocycles. The first-order valence-corrected chi connectivity index (χ1v) is 6.02. The number of amides is 1. The Balaban J connectivity index is 2.77. The average molecular weight is 333 g/mol. The second kappa shape index (κ2) is 5.38. The minimum atomic E-state index is -0.280. The van der Waals surface area contributed by atoms with E-state index in [1.165, 1.54) is 0 Å². The number of carbonyl (C=O) groups is 1. The van der Waals surface area contributed by atoms with Gasteiger partial charge in [-0.3, -0.25) is 4.79 Å². The molecule has 16 heavy (non-hydrogen) atoms. The summed E-state index contributed by atoms with van der Waals surface area (Å²) in [5.41, 5.74) is 7.31. The molecule has 1 amide bonds. The van der Waals surface area contributed by atoms with Crippen LogP contribution in [0.2, 0.25) is 0 Å². The summed E-state index contributed by atoms with van der Waals surface area (Å²) in [6, 6.07) is 5.43. The zero-order valence-corrected chi connectivity index (χ0v) is 11.8. The predicted octanol–water partition coefficient (Wildman–Crippen LogP) is 1.76. The molecule has 0 aromatic heterocycles. The van der Waals surface area contributed by atoms with Gasteiger partial charge in [0.25, 0.3) is 0 Å². The molecule has 1 unspecified atom stereocenters. The number of hydrogen-bond donors (Lipinski definition) is 2. The Hall–Kier alpha value is -0.980. The van der Waals surface area contributed by atoms with E-state index in [4.69, 9.17) is 5.73 Å². The monoisotopic (exact) mass is 333 g/mol. The van der Waals surface area contributed by atoms with E-state index in [2.05, 4.69) is 27.9 Å². The number of nitrogens with two attached hydrogens (primary N) is 1. The van der Waals surface area contributed by atoms with Crippen molar-refractivity contribution >= 4 is 39.9 Å². The third-order valence-corrected chi connectivity index (χ3v) is 2.87. The van der Waals surface area contributed by atoms with Gasteiger partial charge in [-0.25, -0.2) is 0 Å². The van der Waals surface area contributed by atoms with E-state index in [9.17, 15) is 4.79 Å². The summed E-state index contributed by atoms with van der Waals surface area (Å²) in [6.07, 6.45) is 0. The van der Waals surface area contributed by atoms with Crippen molar-refractivity contribution in [2.24, 2.45) is 0 Å². The smallest absolute Gasteiger partial charge is 0.244 e. The molecule has 0 fully saturated rings. The van der Waals surface area contributed by atoms with Gasteiger partial charge in [0.1, 0.15) is 6.04 Å². The van der Waals surface area contributed by atoms with Crippen LogP contribution in [0.25, 0.3) is 0 Å². The van der Waals surface area contributed by atoms with Crippen LogP contribution in [-0.2, 0) is 4.79 Å². The number of rotatable bonds is 3. The molecular formula is C11H16IN3O. The maximum Gasteiger partial charge on any atom is 0.244 e. The number of likely N-dealkylation sites (N-methyl/N-ethyl adjacent to an activating group) is 1. The summed E-state index contributed by atoms with van der Waals surface area (Å²) < 4.78 is 1.08. The largest absolute Gasteiger partial charge is 0.397 e. The van der Waals surface area contributed by atoms with Gasteiger partial charge >= 0.3 is 0 Å². The number of hydrogen-bond acceptors (Lipinski definition) is 3. The van der Waals surface area contributed by atoms with Crippen LogP contribution in [0.5, 0.6) is 0 Å². The molecule has 0 bridgehead atoms. The molecule has 0 aliphatic carbocycles. The van der Waals surface area contributed by atoms with Crippen LogP contribution in [0.3, 0.4) is 0 Å². The third-order valence-electron chi connectivity index (χ3n) is 2.20. The molecule has 1 atom stereocenters. The van der Waals surface area contributed by atoms with Crippen molar-refractivity contribution in [3.8, 4) is 0 Å². The van der Waals surface area contributed by atoms with Gasteiger partial charge in [-0.1, -0.05) is 0 Å². The molecule has 5 heteroatoms. The van der Waals surface area contributed by atoms with Crippen LogP contribution in [-0.4, -0.2) is 30.9 Å². The second-order valence-corrected chi connectivity index (χ2v) is 5.08. The van der Waals surface area contributed by atoms with Gasteiger partial charge in [-0.2, -0.15) is 0 Å². The molecule has 1 aromatic carbocycles. The number of carbonyl (C=O) groups excluding carboxylic acids is 1. The fourth-order valence-corrected chi connectivity index (χ4v) is 1.86. The van der Waals surface area contributed by atoms with E-state index in [1.54, 1.807) is 19.0 Å². The molecule has 1 rings (SSSR count). The van der Waals surface area contributed by atoms with Crippen molar-refractivity contribution in [1.29, 1.82) is 0 Å². The van der Waals surface area contributed by atoms with Crippen LogP contribution in [0.1, 0.15) is 6.92 Å². The number of halogens is 1. The van der Waals surface area contributed by atoms with E-state index in [0.717, 1.165) is 9.26 Å². The maximum atomic E-state index is 11.6. The highest BCUT2D eigenvalue weighted by Gasteiger charge is 2.15. The van der Waals surface area contributed by atoms with Crippen molar-refractivity contribution in [2.75, 3.05) is 25.1 Å². The van der Waals surface area contributed by atoms with Crippen molar-refractivity contribution < 1.29 is 4.79 Å². The summed E-state index contributed by atoms with van der Waals surface area (Å²) in [6.45, 7) is 1.82. The molecule has 0 spiro atoms. The van der Waals surface area contributed by atoms with Gasteiger partial charge < -0.3 is 16.0 Å². The van der Waals surface area contributed by atoms with Crippen molar-refractivity contribution in [3.05, 3.63) is 21.8 Å². The van der Waals surface area contributed by atoms with E-state index < -0.39 is 0 Å². The van der Waals surface area contributed by atoms with E-state index in [0.29, 0.717) is 5.69 Å². The van der Waals surface area contributed by atoms with Crippen LogP contribution in [0.15, 0.2) is 18.2 Å². The molecule has 0 saturated heterocycles. The highest BCUT2D eigenvalue weighted by molar-refractivity contribution is 14.1. The molecule has 88 valence electrons. The molecule has 0 radical (unpaired) electrons. The first-order valence-electron chi connectivity index (χ1n) is 4.94. The average Bonchev–Trinajstić information content (AvgIpc) is 2.20. The molecule has 3 N–H and O–H groups in total. The van der Waals surface area contributed by atoms with E-state index >= 15 is 0 Å². The normalized spacial score (nSPS) is 12.0. The predicted molar refractivity (Wildman–Crippen MR) is 75.4 cm³/mol. The van der Waals surface area contributed by atoms with Crippen LogP contribution in [0, 0.1) is 3.57 Å². The quantitative estimate of drug-likeness (QED) is 0.655. The Labute approximate surface area is 109 Å². The highest BCUT2D eigenvalue weighted by Crippen LogP contribution is 2.21. The van der Waals surface area contributed by atoms with E-state index in [-0.39, 0.29) is 11.9 Å². The summed E-state index contributed by atoms with van der Waals surface area (Å²) in [7, 11) is 3.47. The lowest BCUT2D eigenvalue weighted by Crippen LogP contribution is -2.36. The van der Waals surface area contributed by atoms with Crippen LogP contribution < -0.4 is 11.1 Å². The molecule has 0 aliphatic heterocycles. The van der Waals surface area contributed by atoms with Crippen molar-refractivity contribution in [1.82, 2.24) is 4.90 Å². The second-order valence-electron chi connectivity index (χ2n) is 3.83. The SMILES string of the molecule is CC(Nc1ccc(I)cc1N)C(=O)N(C)C. The summed E-state index contributed by atoms with van der Waals surface area (Å²) in [5.74, 6) is 0.0259. The fourth-order valence-electron chi connectivity index (χ4n) is 1.35. The minimum Gasteiger partial charge on any atom is -0.397 e. The number of nitrogens with zero attached hydrogens (tertiary/aromatic N) is 1. The Morgan fingerprint density at radius 1 is 1.50 bits per heavy atom. The molecule has 1 aromatic rings. The van der Waals surface area contributed by atoms with Gasteiger partial charge in [-0.15, -0.1) is 0 Å². The first kappa shape index (κ1) is 13.1. The zero-order valence-electron chi connectivity index (χ0n) is 9.62. The number of nitrogens with one attached hydrogen (secondary N) is 1. The lowest BCUT2D eigenvalue weighted by Gasteiger charge is -2.19. The number of anilines is 2. The minimum absolute atomic E-state index is 0.0259. The molecular weight excluding hydrogens is 317 g/mol. The molecule has 0 heterocycles. The Bertz CT molecular complexity index is 393. The Morgan fingerprint density at radius 2 is 2.12 bits per heavy atom. The first-order chi connectivity index (χ1) is 7.41.